The van der Waals surface area contributed by atoms with Crippen LogP contribution >= 0.6 is 0 Å². The van der Waals surface area contributed by atoms with Gasteiger partial charge < -0.3 is 18.0 Å². The van der Waals surface area contributed by atoms with Gasteiger partial charge in [-0.2, -0.15) is 0 Å². The van der Waals surface area contributed by atoms with E-state index in [1.165, 1.54) is 0 Å². The Morgan fingerprint density at radius 1 is 0.750 bits per heavy atom. The normalized spacial score (nSPS) is 16.8. The van der Waals surface area contributed by atoms with Gasteiger partial charge in [0.1, 0.15) is 35.2 Å². The number of ketones is 1. The standard InChI is InChI=1S/C24H36O5Si3/c1-30(2,3)27-18-12-10-17(11-13-18)20-16-26-21-14-19(28-31(4,5)6)15-22(23(21)24(20)25)29-32(7,8)9/h10-15,20H,16H2,1-9H3. The Morgan fingerprint density at radius 2 is 1.28 bits per heavy atom. The molecular formula is C24H36O5Si3. The molecule has 0 N–H and O–H groups in total. The topological polar surface area (TPSA) is 54.0 Å². The average molecular weight is 489 g/mol. The number of ether oxygens (including phenoxy) is 1. The van der Waals surface area contributed by atoms with Crippen molar-refractivity contribution in [2.24, 2.45) is 0 Å². The highest BCUT2D eigenvalue weighted by Gasteiger charge is 2.35. The lowest BCUT2D eigenvalue weighted by Gasteiger charge is -2.30. The van der Waals surface area contributed by atoms with Crippen molar-refractivity contribution >= 4 is 30.7 Å². The van der Waals surface area contributed by atoms with Crippen molar-refractivity contribution in [3.63, 3.8) is 0 Å². The van der Waals surface area contributed by atoms with E-state index in [9.17, 15) is 4.79 Å². The van der Waals surface area contributed by atoms with Crippen molar-refractivity contribution in [2.45, 2.75) is 64.8 Å². The molecule has 3 rings (SSSR count). The van der Waals surface area contributed by atoms with Crippen molar-refractivity contribution in [3.8, 4) is 23.0 Å². The Labute approximate surface area is 195 Å². The summed E-state index contributed by atoms with van der Waals surface area (Å²) in [6.07, 6.45) is 0. The fourth-order valence-corrected chi connectivity index (χ4v) is 6.03. The molecule has 0 saturated heterocycles. The minimum atomic E-state index is -1.96. The van der Waals surface area contributed by atoms with Crippen LogP contribution in [0.25, 0.3) is 0 Å². The van der Waals surface area contributed by atoms with E-state index in [0.29, 0.717) is 29.4 Å². The predicted molar refractivity (Wildman–Crippen MR) is 137 cm³/mol. The van der Waals surface area contributed by atoms with Crippen molar-refractivity contribution < 1.29 is 22.8 Å². The van der Waals surface area contributed by atoms with E-state index in [1.807, 2.05) is 36.4 Å². The lowest BCUT2D eigenvalue weighted by Crippen LogP contribution is -2.33. The molecule has 8 heteroatoms. The minimum Gasteiger partial charge on any atom is -0.544 e. The predicted octanol–water partition coefficient (Wildman–Crippen LogP) is 6.69. The van der Waals surface area contributed by atoms with Crippen LogP contribution in [0.15, 0.2) is 36.4 Å². The molecule has 0 aromatic heterocycles. The molecule has 0 saturated carbocycles. The highest BCUT2D eigenvalue weighted by atomic mass is 28.4. The van der Waals surface area contributed by atoms with Gasteiger partial charge in [0, 0.05) is 12.1 Å². The van der Waals surface area contributed by atoms with Gasteiger partial charge in [-0.1, -0.05) is 12.1 Å². The Hall–Kier alpha value is -2.04. The Bertz CT molecular complexity index is 983. The van der Waals surface area contributed by atoms with Crippen LogP contribution in [0.5, 0.6) is 23.0 Å². The van der Waals surface area contributed by atoms with Gasteiger partial charge in [0.05, 0.1) is 5.92 Å². The molecule has 5 nitrogen and oxygen atoms in total. The fraction of sp³-hybridized carbons (Fsp3) is 0.458. The molecule has 0 amide bonds. The number of Topliss-reactive ketones (excluding diaryl/α,β-unsaturated/α-hetero) is 1. The smallest absolute Gasteiger partial charge is 0.242 e. The first-order chi connectivity index (χ1) is 14.6. The van der Waals surface area contributed by atoms with E-state index in [-0.39, 0.29) is 11.7 Å². The second-order valence-corrected chi connectivity index (χ2v) is 24.5. The molecule has 1 atom stereocenters. The van der Waals surface area contributed by atoms with E-state index in [4.69, 9.17) is 18.0 Å². The third-order valence-corrected chi connectivity index (χ3v) is 7.08. The van der Waals surface area contributed by atoms with Gasteiger partial charge in [-0.3, -0.25) is 4.79 Å². The summed E-state index contributed by atoms with van der Waals surface area (Å²) < 4.78 is 24.7. The number of carbonyl (C=O) groups is 1. The summed E-state index contributed by atoms with van der Waals surface area (Å²) in [4.78, 5) is 13.6. The fourth-order valence-electron chi connectivity index (χ4n) is 3.54. The summed E-state index contributed by atoms with van der Waals surface area (Å²) in [5.74, 6) is 2.31. The molecule has 0 spiro atoms. The lowest BCUT2D eigenvalue weighted by atomic mass is 9.88. The third-order valence-electron chi connectivity index (χ3n) is 4.55. The third kappa shape index (κ3) is 6.49. The summed E-state index contributed by atoms with van der Waals surface area (Å²) >= 11 is 0. The second-order valence-electron chi connectivity index (χ2n) is 11.2. The quantitative estimate of drug-likeness (QED) is 0.407. The number of carbonyl (C=O) groups excluding carboxylic acids is 1. The Morgan fingerprint density at radius 3 is 1.81 bits per heavy atom. The Balaban J connectivity index is 1.96. The molecule has 1 unspecified atom stereocenters. The largest absolute Gasteiger partial charge is 0.544 e. The number of hydrogen-bond donors (Lipinski definition) is 0. The van der Waals surface area contributed by atoms with Crippen LogP contribution in [0, 0.1) is 0 Å². The van der Waals surface area contributed by atoms with Crippen LogP contribution in [0.4, 0.5) is 0 Å². The van der Waals surface area contributed by atoms with Crippen molar-refractivity contribution in [3.05, 3.63) is 47.5 Å². The molecular weight excluding hydrogens is 453 g/mol. The molecule has 1 heterocycles. The van der Waals surface area contributed by atoms with Crippen LogP contribution in [0.3, 0.4) is 0 Å². The van der Waals surface area contributed by atoms with Crippen molar-refractivity contribution in [2.75, 3.05) is 6.61 Å². The number of rotatable bonds is 7. The van der Waals surface area contributed by atoms with Crippen LogP contribution in [-0.2, 0) is 0 Å². The molecule has 0 radical (unpaired) electrons. The summed E-state index contributed by atoms with van der Waals surface area (Å²) in [6.45, 7) is 19.4. The van der Waals surface area contributed by atoms with Crippen LogP contribution in [0.1, 0.15) is 21.8 Å². The molecule has 0 aliphatic carbocycles. The van der Waals surface area contributed by atoms with Crippen molar-refractivity contribution in [1.29, 1.82) is 0 Å². The van der Waals surface area contributed by atoms with Gasteiger partial charge in [0.2, 0.25) is 25.0 Å². The molecule has 174 valence electrons. The number of benzene rings is 2. The zero-order chi connectivity index (χ0) is 23.9. The van der Waals surface area contributed by atoms with Gasteiger partial charge >= 0.3 is 0 Å². The molecule has 0 fully saturated rings. The maximum Gasteiger partial charge on any atom is 0.242 e. The van der Waals surface area contributed by atoms with E-state index < -0.39 is 25.0 Å². The first kappa shape index (κ1) is 24.6. The second kappa shape index (κ2) is 8.72. The minimum absolute atomic E-state index is 0.0259. The average Bonchev–Trinajstić information content (AvgIpc) is 2.58. The maximum atomic E-state index is 13.6. The van der Waals surface area contributed by atoms with Gasteiger partial charge in [-0.05, 0) is 76.6 Å². The van der Waals surface area contributed by atoms with Gasteiger partial charge in [0.15, 0.2) is 5.78 Å². The molecule has 2 aromatic carbocycles. The van der Waals surface area contributed by atoms with Crippen molar-refractivity contribution in [1.82, 2.24) is 0 Å². The molecule has 2 aromatic rings. The molecule has 0 bridgehead atoms. The van der Waals surface area contributed by atoms with Crippen LogP contribution in [0.2, 0.25) is 58.9 Å². The highest BCUT2D eigenvalue weighted by Crippen LogP contribution is 2.42. The van der Waals surface area contributed by atoms with E-state index in [1.54, 1.807) is 0 Å². The number of hydrogen-bond acceptors (Lipinski definition) is 5. The SMILES string of the molecule is C[Si](C)(C)Oc1ccc(C2COc3cc(O[Si](C)(C)C)cc(O[Si](C)(C)C)c3C2=O)cc1. The number of fused-ring (bicyclic) bond motifs is 1. The Kier molecular flexibility index (Phi) is 6.70. The maximum absolute atomic E-state index is 13.6. The van der Waals surface area contributed by atoms with Crippen LogP contribution < -0.4 is 18.0 Å². The zero-order valence-electron chi connectivity index (χ0n) is 20.8. The summed E-state index contributed by atoms with van der Waals surface area (Å²) in [6, 6.07) is 11.5. The monoisotopic (exact) mass is 488 g/mol. The molecule has 32 heavy (non-hydrogen) atoms. The van der Waals surface area contributed by atoms with E-state index in [2.05, 4.69) is 58.9 Å². The first-order valence-electron chi connectivity index (χ1n) is 11.1. The summed E-state index contributed by atoms with van der Waals surface area (Å²) in [5.41, 5.74) is 1.44. The van der Waals surface area contributed by atoms with Gasteiger partial charge in [-0.15, -0.1) is 0 Å². The van der Waals surface area contributed by atoms with E-state index >= 15 is 0 Å². The van der Waals surface area contributed by atoms with Crippen LogP contribution in [-0.4, -0.2) is 37.3 Å². The first-order valence-corrected chi connectivity index (χ1v) is 21.4. The van der Waals surface area contributed by atoms with Gasteiger partial charge in [0.25, 0.3) is 0 Å². The molecule has 1 aliphatic rings. The molecule has 1 aliphatic heterocycles. The summed E-state index contributed by atoms with van der Waals surface area (Å²) in [5, 5.41) is 0. The summed E-state index contributed by atoms with van der Waals surface area (Å²) in [7, 11) is -5.47. The highest BCUT2D eigenvalue weighted by molar-refractivity contribution is 6.71. The van der Waals surface area contributed by atoms with E-state index in [0.717, 1.165) is 11.3 Å². The van der Waals surface area contributed by atoms with Gasteiger partial charge in [-0.25, -0.2) is 0 Å². The zero-order valence-corrected chi connectivity index (χ0v) is 23.8. The lowest BCUT2D eigenvalue weighted by molar-refractivity contribution is 0.0893.